The number of rotatable bonds is 8. The standard InChI is InChI=1S/C42H68O15/c1-37(2)23-9-12-40(5)24(8-7-20-21-15-38(3,18-44)13-14-42(21,19-45)25(46)16-41(20,40)6)39(23,4)11-10-26(37)55-36-31(51)32(30(50)33(57-36)34(52)53)56-35-29(49)28(48)27(47)22(17-43)54-35/h7,21-33,35-36,43-51H,8-19H2,1-6H3,(H,52,53). The Morgan fingerprint density at radius 3 is 2.07 bits per heavy atom. The highest BCUT2D eigenvalue weighted by Gasteiger charge is 2.70. The fourth-order valence-electron chi connectivity index (χ4n) is 13.8. The summed E-state index contributed by atoms with van der Waals surface area (Å²) in [6, 6.07) is 0. The third kappa shape index (κ3) is 6.43. The van der Waals surface area contributed by atoms with Crippen molar-refractivity contribution in [3.05, 3.63) is 11.6 Å². The molecule has 0 aromatic heterocycles. The average molecular weight is 813 g/mol. The number of carboxylic acid groups (broad SMARTS) is 1. The molecule has 326 valence electrons. The zero-order valence-corrected chi connectivity index (χ0v) is 34.2. The van der Waals surface area contributed by atoms with Gasteiger partial charge in [-0.1, -0.05) is 53.2 Å². The van der Waals surface area contributed by atoms with Crippen LogP contribution >= 0.6 is 0 Å². The summed E-state index contributed by atoms with van der Waals surface area (Å²) in [5.74, 6) is -1.18. The Balaban J connectivity index is 1.13. The maximum Gasteiger partial charge on any atom is 0.335 e. The normalized spacial score (nSPS) is 54.7. The minimum absolute atomic E-state index is 0.0328. The molecule has 20 unspecified atom stereocenters. The van der Waals surface area contributed by atoms with Gasteiger partial charge in [0, 0.05) is 12.0 Å². The van der Waals surface area contributed by atoms with Crippen molar-refractivity contribution in [2.24, 2.45) is 50.2 Å². The first-order chi connectivity index (χ1) is 26.6. The molecule has 0 radical (unpaired) electrons. The van der Waals surface area contributed by atoms with E-state index >= 15 is 0 Å². The molecule has 6 fully saturated rings. The molecule has 2 aliphatic heterocycles. The number of aliphatic hydroxyl groups excluding tert-OH is 9. The number of fused-ring (bicyclic) bond motifs is 7. The smallest absolute Gasteiger partial charge is 0.335 e. The third-order valence-corrected chi connectivity index (χ3v) is 17.6. The van der Waals surface area contributed by atoms with Crippen molar-refractivity contribution >= 4 is 5.97 Å². The fourth-order valence-corrected chi connectivity index (χ4v) is 13.8. The van der Waals surface area contributed by atoms with E-state index in [0.717, 1.165) is 38.5 Å². The topological polar surface area (TPSA) is 256 Å². The lowest BCUT2D eigenvalue weighted by Gasteiger charge is -2.72. The van der Waals surface area contributed by atoms with Crippen molar-refractivity contribution in [2.75, 3.05) is 19.8 Å². The van der Waals surface area contributed by atoms with Crippen LogP contribution in [0.2, 0.25) is 0 Å². The van der Waals surface area contributed by atoms with Gasteiger partial charge in [0.2, 0.25) is 0 Å². The zero-order chi connectivity index (χ0) is 41.8. The Hall–Kier alpha value is -1.31. The molecular weight excluding hydrogens is 744 g/mol. The van der Waals surface area contributed by atoms with E-state index in [1.54, 1.807) is 0 Å². The highest BCUT2D eigenvalue weighted by atomic mass is 16.7. The van der Waals surface area contributed by atoms with E-state index in [-0.39, 0.29) is 52.6 Å². The van der Waals surface area contributed by atoms with Crippen molar-refractivity contribution in [3.63, 3.8) is 0 Å². The first-order valence-corrected chi connectivity index (χ1v) is 21.1. The summed E-state index contributed by atoms with van der Waals surface area (Å²) >= 11 is 0. The van der Waals surface area contributed by atoms with Crippen LogP contribution in [0.5, 0.6) is 0 Å². The van der Waals surface area contributed by atoms with Crippen molar-refractivity contribution < 1.29 is 74.8 Å². The van der Waals surface area contributed by atoms with Crippen LogP contribution in [0, 0.1) is 50.2 Å². The maximum absolute atomic E-state index is 12.3. The molecule has 0 amide bonds. The van der Waals surface area contributed by atoms with Gasteiger partial charge in [0.25, 0.3) is 0 Å². The molecule has 0 aromatic rings. The first kappa shape index (κ1) is 43.8. The molecule has 5 aliphatic carbocycles. The van der Waals surface area contributed by atoms with Crippen LogP contribution in [-0.4, -0.2) is 150 Å². The van der Waals surface area contributed by atoms with Gasteiger partial charge in [-0.05, 0) is 103 Å². The molecule has 10 N–H and O–H groups in total. The molecule has 0 spiro atoms. The van der Waals surface area contributed by atoms with Gasteiger partial charge < -0.3 is 70.0 Å². The molecule has 2 saturated heterocycles. The molecule has 2 heterocycles. The number of hydrogen-bond donors (Lipinski definition) is 10. The highest BCUT2D eigenvalue weighted by molar-refractivity contribution is 5.73. The molecule has 4 saturated carbocycles. The van der Waals surface area contributed by atoms with E-state index in [1.807, 2.05) is 0 Å². The molecule has 0 bridgehead atoms. The minimum Gasteiger partial charge on any atom is -0.479 e. The SMILES string of the molecule is CC1(CO)CCC2(CO)C(O)CC3(C)C(=CCC4C5(C)CCC(OC6OC(C(=O)O)C(O)C(OC7OC(CO)C(O)C(O)C7O)C6O)C(C)(C)C5CCC43C)C2C1. The quantitative estimate of drug-likeness (QED) is 0.120. The lowest BCUT2D eigenvalue weighted by atomic mass is 9.33. The van der Waals surface area contributed by atoms with Crippen LogP contribution in [0.1, 0.15) is 99.3 Å². The van der Waals surface area contributed by atoms with Gasteiger partial charge in [-0.15, -0.1) is 0 Å². The van der Waals surface area contributed by atoms with Gasteiger partial charge in [-0.25, -0.2) is 4.79 Å². The second-order valence-electron chi connectivity index (χ2n) is 20.7. The lowest BCUT2D eigenvalue weighted by molar-refractivity contribution is -0.365. The number of ether oxygens (including phenoxy) is 4. The van der Waals surface area contributed by atoms with E-state index in [0.29, 0.717) is 19.3 Å². The van der Waals surface area contributed by atoms with Crippen LogP contribution in [-0.2, 0) is 23.7 Å². The summed E-state index contributed by atoms with van der Waals surface area (Å²) in [7, 11) is 0. The van der Waals surface area contributed by atoms with E-state index in [2.05, 4.69) is 47.6 Å². The zero-order valence-electron chi connectivity index (χ0n) is 34.2. The highest BCUT2D eigenvalue weighted by Crippen LogP contribution is 2.76. The fraction of sp³-hybridized carbons (Fsp3) is 0.929. The van der Waals surface area contributed by atoms with Crippen molar-refractivity contribution in [3.8, 4) is 0 Å². The van der Waals surface area contributed by atoms with Crippen LogP contribution in [0.4, 0.5) is 0 Å². The molecule has 15 heteroatoms. The second-order valence-corrected chi connectivity index (χ2v) is 20.7. The predicted molar refractivity (Wildman–Crippen MR) is 201 cm³/mol. The Kier molecular flexibility index (Phi) is 11.5. The monoisotopic (exact) mass is 812 g/mol. The summed E-state index contributed by atoms with van der Waals surface area (Å²) in [5, 5.41) is 107. The average Bonchev–Trinajstić information content (AvgIpc) is 3.15. The Morgan fingerprint density at radius 1 is 0.754 bits per heavy atom. The summed E-state index contributed by atoms with van der Waals surface area (Å²) < 4.78 is 23.5. The molecule has 7 rings (SSSR count). The third-order valence-electron chi connectivity index (χ3n) is 17.6. The summed E-state index contributed by atoms with van der Waals surface area (Å²) in [5.41, 5.74) is -0.750. The van der Waals surface area contributed by atoms with Crippen molar-refractivity contribution in [2.45, 2.75) is 173 Å². The number of aliphatic carboxylic acids is 1. The van der Waals surface area contributed by atoms with E-state index < -0.39 is 97.0 Å². The Morgan fingerprint density at radius 2 is 1.44 bits per heavy atom. The number of hydrogen-bond acceptors (Lipinski definition) is 14. The van der Waals surface area contributed by atoms with E-state index in [9.17, 15) is 55.9 Å². The van der Waals surface area contributed by atoms with Gasteiger partial charge in [-0.3, -0.25) is 0 Å². The minimum atomic E-state index is -1.94. The van der Waals surface area contributed by atoms with Gasteiger partial charge in [0.15, 0.2) is 18.7 Å². The van der Waals surface area contributed by atoms with E-state index in [4.69, 9.17) is 18.9 Å². The predicted octanol–water partition coefficient (Wildman–Crippen LogP) is 0.825. The van der Waals surface area contributed by atoms with Crippen molar-refractivity contribution in [1.82, 2.24) is 0 Å². The molecule has 20 atom stereocenters. The number of carboxylic acids is 1. The van der Waals surface area contributed by atoms with Crippen LogP contribution < -0.4 is 0 Å². The summed E-state index contributed by atoms with van der Waals surface area (Å²) in [6.07, 6.45) is -9.47. The summed E-state index contributed by atoms with van der Waals surface area (Å²) in [6.45, 7) is 12.7. The van der Waals surface area contributed by atoms with Crippen LogP contribution in [0.15, 0.2) is 11.6 Å². The second kappa shape index (κ2) is 14.9. The molecular formula is C42H68O15. The van der Waals surface area contributed by atoms with Gasteiger partial charge >= 0.3 is 5.97 Å². The number of carbonyl (C=O) groups is 1. The summed E-state index contributed by atoms with van der Waals surface area (Å²) in [4.78, 5) is 12.3. The first-order valence-electron chi connectivity index (χ1n) is 21.1. The molecule has 7 aliphatic rings. The molecule has 57 heavy (non-hydrogen) atoms. The van der Waals surface area contributed by atoms with Crippen LogP contribution in [0.25, 0.3) is 0 Å². The number of allylic oxidation sites excluding steroid dienone is 2. The van der Waals surface area contributed by atoms with Gasteiger partial charge in [0.1, 0.15) is 42.7 Å². The lowest BCUT2D eigenvalue weighted by Crippen LogP contribution is -2.68. The molecule has 0 aromatic carbocycles. The maximum atomic E-state index is 12.3. The Labute approximate surface area is 335 Å². The van der Waals surface area contributed by atoms with E-state index in [1.165, 1.54) is 5.57 Å². The van der Waals surface area contributed by atoms with Crippen LogP contribution in [0.3, 0.4) is 0 Å². The van der Waals surface area contributed by atoms with Crippen molar-refractivity contribution in [1.29, 1.82) is 0 Å². The van der Waals surface area contributed by atoms with Gasteiger partial charge in [-0.2, -0.15) is 0 Å². The van der Waals surface area contributed by atoms with Gasteiger partial charge in [0.05, 0.1) is 25.4 Å². The Bertz CT molecular complexity index is 1540. The largest absolute Gasteiger partial charge is 0.479 e. The number of aliphatic hydroxyl groups is 9. The molecule has 15 nitrogen and oxygen atoms in total.